The van der Waals surface area contributed by atoms with E-state index in [1.807, 2.05) is 6.92 Å². The van der Waals surface area contributed by atoms with E-state index < -0.39 is 4.92 Å². The average Bonchev–Trinajstić information content (AvgIpc) is 2.38. The standard InChI is InChI=1S/C11H16N4O3/c1-8-7-14(2-3-18-8)10-4-9(13-12)5-11(6-10)15(16)17/h4-6,8,13H,2-3,7,12H2,1H3. The molecule has 0 saturated carbocycles. The first-order valence-corrected chi connectivity index (χ1v) is 5.73. The first-order valence-electron chi connectivity index (χ1n) is 5.73. The van der Waals surface area contributed by atoms with Gasteiger partial charge < -0.3 is 15.1 Å². The highest BCUT2D eigenvalue weighted by Gasteiger charge is 2.19. The van der Waals surface area contributed by atoms with Crippen LogP contribution in [0.3, 0.4) is 0 Å². The van der Waals surface area contributed by atoms with Gasteiger partial charge in [-0.05, 0) is 13.0 Å². The molecule has 1 aromatic carbocycles. The van der Waals surface area contributed by atoms with Crippen molar-refractivity contribution in [3.05, 3.63) is 28.3 Å². The number of rotatable bonds is 3. The van der Waals surface area contributed by atoms with Gasteiger partial charge in [-0.25, -0.2) is 0 Å². The predicted molar refractivity (Wildman–Crippen MR) is 68.5 cm³/mol. The number of nitro groups is 1. The summed E-state index contributed by atoms with van der Waals surface area (Å²) in [6, 6.07) is 4.76. The van der Waals surface area contributed by atoms with Crippen molar-refractivity contribution in [3.8, 4) is 0 Å². The molecular weight excluding hydrogens is 236 g/mol. The van der Waals surface area contributed by atoms with Gasteiger partial charge in [-0.15, -0.1) is 0 Å². The van der Waals surface area contributed by atoms with Crippen LogP contribution >= 0.6 is 0 Å². The molecule has 1 heterocycles. The van der Waals surface area contributed by atoms with E-state index in [1.54, 1.807) is 12.1 Å². The maximum Gasteiger partial charge on any atom is 0.273 e. The summed E-state index contributed by atoms with van der Waals surface area (Å²) in [6.07, 6.45) is 0.118. The van der Waals surface area contributed by atoms with Gasteiger partial charge in [-0.3, -0.25) is 16.0 Å². The minimum atomic E-state index is -0.422. The largest absolute Gasteiger partial charge is 0.375 e. The Balaban J connectivity index is 2.31. The number of hydrogen-bond donors (Lipinski definition) is 2. The first kappa shape index (κ1) is 12.6. The summed E-state index contributed by atoms with van der Waals surface area (Å²) < 4.78 is 5.45. The van der Waals surface area contributed by atoms with Gasteiger partial charge in [0.05, 0.1) is 23.3 Å². The molecule has 2 rings (SSSR count). The summed E-state index contributed by atoms with van der Waals surface area (Å²) in [5.74, 6) is 5.33. The van der Waals surface area contributed by atoms with Crippen LogP contribution in [0, 0.1) is 10.1 Å². The third-order valence-electron chi connectivity index (χ3n) is 2.89. The molecule has 0 aliphatic carbocycles. The molecule has 1 aliphatic heterocycles. The zero-order valence-corrected chi connectivity index (χ0v) is 10.1. The molecule has 1 fully saturated rings. The van der Waals surface area contributed by atoms with Crippen LogP contribution in [0.5, 0.6) is 0 Å². The molecule has 7 nitrogen and oxygen atoms in total. The zero-order chi connectivity index (χ0) is 13.1. The third kappa shape index (κ3) is 2.69. The number of hydrogen-bond acceptors (Lipinski definition) is 6. The summed E-state index contributed by atoms with van der Waals surface area (Å²) in [5.41, 5.74) is 3.79. The molecule has 0 aromatic heterocycles. The van der Waals surface area contributed by atoms with Crippen LogP contribution in [0.4, 0.5) is 17.1 Å². The van der Waals surface area contributed by atoms with E-state index in [9.17, 15) is 10.1 Å². The Kier molecular flexibility index (Phi) is 3.63. The van der Waals surface area contributed by atoms with Crippen molar-refractivity contribution >= 4 is 17.1 Å². The van der Waals surface area contributed by atoms with E-state index in [0.717, 1.165) is 12.2 Å². The lowest BCUT2D eigenvalue weighted by atomic mass is 10.2. The van der Waals surface area contributed by atoms with Crippen LogP contribution in [0.1, 0.15) is 6.92 Å². The second kappa shape index (κ2) is 5.19. The smallest absolute Gasteiger partial charge is 0.273 e. The van der Waals surface area contributed by atoms with Crippen LogP contribution in [0.2, 0.25) is 0 Å². The van der Waals surface area contributed by atoms with Gasteiger partial charge in [0.15, 0.2) is 0 Å². The van der Waals surface area contributed by atoms with Gasteiger partial charge in [0.2, 0.25) is 0 Å². The number of anilines is 2. The second-order valence-electron chi connectivity index (χ2n) is 4.27. The molecule has 1 aliphatic rings. The van der Waals surface area contributed by atoms with Crippen LogP contribution in [0.15, 0.2) is 18.2 Å². The molecule has 7 heteroatoms. The summed E-state index contributed by atoms with van der Waals surface area (Å²) >= 11 is 0. The van der Waals surface area contributed by atoms with Gasteiger partial charge in [0.25, 0.3) is 5.69 Å². The fraction of sp³-hybridized carbons (Fsp3) is 0.455. The summed E-state index contributed by atoms with van der Waals surface area (Å²) in [7, 11) is 0. The van der Waals surface area contributed by atoms with E-state index in [-0.39, 0.29) is 11.8 Å². The number of nitrogens with zero attached hydrogens (tertiary/aromatic N) is 2. The van der Waals surface area contributed by atoms with Gasteiger partial charge in [0, 0.05) is 30.9 Å². The van der Waals surface area contributed by atoms with Crippen molar-refractivity contribution in [2.45, 2.75) is 13.0 Å². The molecule has 18 heavy (non-hydrogen) atoms. The first-order chi connectivity index (χ1) is 8.60. The average molecular weight is 252 g/mol. The molecule has 0 spiro atoms. The molecule has 0 radical (unpaired) electrons. The number of nitro benzene ring substituents is 1. The second-order valence-corrected chi connectivity index (χ2v) is 4.27. The van der Waals surface area contributed by atoms with Crippen molar-refractivity contribution in [1.29, 1.82) is 0 Å². The van der Waals surface area contributed by atoms with E-state index in [1.165, 1.54) is 6.07 Å². The summed E-state index contributed by atoms with van der Waals surface area (Å²) in [5, 5.41) is 10.9. The van der Waals surface area contributed by atoms with Crippen molar-refractivity contribution < 1.29 is 9.66 Å². The highest BCUT2D eigenvalue weighted by Crippen LogP contribution is 2.27. The Morgan fingerprint density at radius 1 is 1.56 bits per heavy atom. The van der Waals surface area contributed by atoms with E-state index in [0.29, 0.717) is 18.8 Å². The minimum Gasteiger partial charge on any atom is -0.375 e. The lowest BCUT2D eigenvalue weighted by Crippen LogP contribution is -2.41. The Bertz CT molecular complexity index is 452. The number of nitrogens with one attached hydrogen (secondary N) is 1. The molecule has 1 unspecified atom stereocenters. The van der Waals surface area contributed by atoms with E-state index in [2.05, 4.69) is 10.3 Å². The van der Waals surface area contributed by atoms with Crippen molar-refractivity contribution in [3.63, 3.8) is 0 Å². The topological polar surface area (TPSA) is 93.7 Å². The number of hydrazine groups is 1. The third-order valence-corrected chi connectivity index (χ3v) is 2.89. The fourth-order valence-electron chi connectivity index (χ4n) is 2.02. The SMILES string of the molecule is CC1CN(c2cc(NN)cc([N+](=O)[O-])c2)CCO1. The van der Waals surface area contributed by atoms with Crippen LogP contribution < -0.4 is 16.2 Å². The number of nitrogen functional groups attached to an aromatic ring is 1. The monoisotopic (exact) mass is 252 g/mol. The normalized spacial score (nSPS) is 19.7. The Labute approximate surface area is 105 Å². The highest BCUT2D eigenvalue weighted by molar-refractivity contribution is 5.64. The van der Waals surface area contributed by atoms with Crippen LogP contribution in [0.25, 0.3) is 0 Å². The Morgan fingerprint density at radius 3 is 2.94 bits per heavy atom. The summed E-state index contributed by atoms with van der Waals surface area (Å²) in [4.78, 5) is 12.5. The highest BCUT2D eigenvalue weighted by atomic mass is 16.6. The maximum atomic E-state index is 10.9. The molecule has 3 N–H and O–H groups in total. The minimum absolute atomic E-state index is 0.0274. The Morgan fingerprint density at radius 2 is 2.33 bits per heavy atom. The van der Waals surface area contributed by atoms with Gasteiger partial charge >= 0.3 is 0 Å². The lowest BCUT2D eigenvalue weighted by molar-refractivity contribution is -0.384. The number of non-ortho nitro benzene ring substituents is 1. The molecule has 0 amide bonds. The van der Waals surface area contributed by atoms with Crippen LogP contribution in [-0.4, -0.2) is 30.7 Å². The predicted octanol–water partition coefficient (Wildman–Crippen LogP) is 1.11. The molecule has 1 atom stereocenters. The molecule has 1 saturated heterocycles. The molecule has 1 aromatic rings. The fourth-order valence-corrected chi connectivity index (χ4v) is 2.02. The van der Waals surface area contributed by atoms with Crippen molar-refractivity contribution in [2.75, 3.05) is 30.0 Å². The quantitative estimate of drug-likeness (QED) is 0.475. The van der Waals surface area contributed by atoms with Crippen molar-refractivity contribution in [1.82, 2.24) is 0 Å². The lowest BCUT2D eigenvalue weighted by Gasteiger charge is -2.33. The number of ether oxygens (including phenoxy) is 1. The molecule has 0 bridgehead atoms. The van der Waals surface area contributed by atoms with Crippen LogP contribution in [-0.2, 0) is 4.74 Å². The Hall–Kier alpha value is -1.86. The van der Waals surface area contributed by atoms with Gasteiger partial charge in [0.1, 0.15) is 0 Å². The zero-order valence-electron chi connectivity index (χ0n) is 10.1. The van der Waals surface area contributed by atoms with Gasteiger partial charge in [-0.2, -0.15) is 0 Å². The molecular formula is C11H16N4O3. The van der Waals surface area contributed by atoms with E-state index in [4.69, 9.17) is 10.6 Å². The summed E-state index contributed by atoms with van der Waals surface area (Å²) in [6.45, 7) is 4.03. The number of nitrogens with two attached hydrogens (primary N) is 1. The molecule has 98 valence electrons. The number of morpholine rings is 1. The number of benzene rings is 1. The maximum absolute atomic E-state index is 10.9. The van der Waals surface area contributed by atoms with Crippen molar-refractivity contribution in [2.24, 2.45) is 5.84 Å². The van der Waals surface area contributed by atoms with Gasteiger partial charge in [-0.1, -0.05) is 0 Å². The van der Waals surface area contributed by atoms with E-state index >= 15 is 0 Å².